The molecule has 2 aliphatic heterocycles. The maximum absolute atomic E-state index is 13.1. The Labute approximate surface area is 183 Å². The fourth-order valence-corrected chi connectivity index (χ4v) is 6.76. The third-order valence-electron chi connectivity index (χ3n) is 6.01. The van der Waals surface area contributed by atoms with Gasteiger partial charge in [-0.05, 0) is 55.3 Å². The first-order valence-corrected chi connectivity index (χ1v) is 12.5. The summed E-state index contributed by atoms with van der Waals surface area (Å²) < 4.78 is 65.8. The standard InChI is InChI=1S/C21H23F3N2O3S2/c22-21(23,24)16-4-1-5-17(14-16)31(28,29)25-11-8-15(9-12-25)20(27)26-10-2-6-18(26)19-7-3-13-30-19/h1,3-5,7,13-15,18H,2,6,8-12H2. The van der Waals surface area contributed by atoms with Crippen LogP contribution >= 0.6 is 11.3 Å². The molecule has 2 saturated heterocycles. The molecule has 10 heteroatoms. The van der Waals surface area contributed by atoms with Gasteiger partial charge >= 0.3 is 6.18 Å². The van der Waals surface area contributed by atoms with E-state index in [1.165, 1.54) is 10.4 Å². The number of piperidine rings is 1. The van der Waals surface area contributed by atoms with E-state index >= 15 is 0 Å². The number of nitrogens with zero attached hydrogens (tertiary/aromatic N) is 2. The Balaban J connectivity index is 1.43. The first-order valence-electron chi connectivity index (χ1n) is 10.2. The minimum absolute atomic E-state index is 0.0482. The lowest BCUT2D eigenvalue weighted by Gasteiger charge is -2.34. The molecule has 1 atom stereocenters. The predicted molar refractivity (Wildman–Crippen MR) is 111 cm³/mol. The number of carbonyl (C=O) groups is 1. The normalized spacial score (nSPS) is 21.5. The van der Waals surface area contributed by atoms with Crippen LogP contribution in [0.5, 0.6) is 0 Å². The molecule has 1 aromatic carbocycles. The smallest absolute Gasteiger partial charge is 0.335 e. The Morgan fingerprint density at radius 1 is 1.03 bits per heavy atom. The highest BCUT2D eigenvalue weighted by Gasteiger charge is 2.38. The zero-order chi connectivity index (χ0) is 22.2. The summed E-state index contributed by atoms with van der Waals surface area (Å²) in [7, 11) is -4.05. The molecule has 0 spiro atoms. The van der Waals surface area contributed by atoms with Crippen LogP contribution in [0.4, 0.5) is 13.2 Å². The molecular weight excluding hydrogens is 449 g/mol. The molecule has 2 aliphatic rings. The molecule has 5 nitrogen and oxygen atoms in total. The molecule has 0 N–H and O–H groups in total. The molecule has 1 amide bonds. The van der Waals surface area contributed by atoms with Gasteiger partial charge in [0.1, 0.15) is 0 Å². The number of thiophene rings is 1. The predicted octanol–water partition coefficient (Wildman–Crippen LogP) is 4.53. The van der Waals surface area contributed by atoms with Crippen molar-refractivity contribution in [2.24, 2.45) is 5.92 Å². The highest BCUT2D eigenvalue weighted by Crippen LogP contribution is 2.37. The average Bonchev–Trinajstić information content (AvgIpc) is 3.44. The van der Waals surface area contributed by atoms with E-state index in [1.54, 1.807) is 11.3 Å². The number of benzene rings is 1. The number of alkyl halides is 3. The van der Waals surface area contributed by atoms with Crippen molar-refractivity contribution in [1.29, 1.82) is 0 Å². The van der Waals surface area contributed by atoms with Crippen LogP contribution in [0.2, 0.25) is 0 Å². The van der Waals surface area contributed by atoms with Gasteiger partial charge in [0.25, 0.3) is 0 Å². The third kappa shape index (κ3) is 4.51. The molecule has 31 heavy (non-hydrogen) atoms. The second-order valence-corrected chi connectivity index (χ2v) is 10.8. The van der Waals surface area contributed by atoms with Crippen molar-refractivity contribution in [2.45, 2.75) is 42.8 Å². The summed E-state index contributed by atoms with van der Waals surface area (Å²) in [4.78, 5) is 15.8. The molecule has 0 saturated carbocycles. The monoisotopic (exact) mass is 472 g/mol. The molecule has 0 radical (unpaired) electrons. The van der Waals surface area contributed by atoms with E-state index in [0.29, 0.717) is 25.5 Å². The van der Waals surface area contributed by atoms with E-state index in [2.05, 4.69) is 0 Å². The largest absolute Gasteiger partial charge is 0.416 e. The quantitative estimate of drug-likeness (QED) is 0.657. The molecule has 0 bridgehead atoms. The van der Waals surface area contributed by atoms with Gasteiger partial charge < -0.3 is 4.90 Å². The van der Waals surface area contributed by atoms with Crippen molar-refractivity contribution >= 4 is 27.3 Å². The summed E-state index contributed by atoms with van der Waals surface area (Å²) in [5.41, 5.74) is -0.993. The summed E-state index contributed by atoms with van der Waals surface area (Å²) in [6, 6.07) is 7.89. The second kappa shape index (κ2) is 8.55. The van der Waals surface area contributed by atoms with Gasteiger partial charge in [0.15, 0.2) is 0 Å². The van der Waals surface area contributed by atoms with Gasteiger partial charge in [0.05, 0.1) is 16.5 Å². The summed E-state index contributed by atoms with van der Waals surface area (Å²) in [5, 5.41) is 1.99. The Hall–Kier alpha value is -1.91. The van der Waals surface area contributed by atoms with E-state index in [4.69, 9.17) is 0 Å². The molecule has 2 aromatic rings. The van der Waals surface area contributed by atoms with E-state index < -0.39 is 21.8 Å². The molecule has 0 aliphatic carbocycles. The Bertz CT molecular complexity index is 1030. The van der Waals surface area contributed by atoms with Crippen molar-refractivity contribution in [3.63, 3.8) is 0 Å². The highest BCUT2D eigenvalue weighted by molar-refractivity contribution is 7.89. The fourth-order valence-electron chi connectivity index (χ4n) is 4.37. The SMILES string of the molecule is O=C(C1CCN(S(=O)(=O)c2cccc(C(F)(F)F)c2)CC1)N1CCCC1c1cccs1. The lowest BCUT2D eigenvalue weighted by atomic mass is 9.96. The zero-order valence-corrected chi connectivity index (χ0v) is 18.3. The van der Waals surface area contributed by atoms with Crippen LogP contribution in [0.3, 0.4) is 0 Å². The van der Waals surface area contributed by atoms with Crippen molar-refractivity contribution < 1.29 is 26.4 Å². The maximum atomic E-state index is 13.1. The first-order chi connectivity index (χ1) is 14.7. The number of hydrogen-bond acceptors (Lipinski definition) is 4. The molecule has 4 rings (SSSR count). The Kier molecular flexibility index (Phi) is 6.15. The second-order valence-electron chi connectivity index (χ2n) is 7.91. The number of halogens is 3. The van der Waals surface area contributed by atoms with Crippen LogP contribution < -0.4 is 0 Å². The van der Waals surface area contributed by atoms with Gasteiger partial charge in [-0.2, -0.15) is 17.5 Å². The highest BCUT2D eigenvalue weighted by atomic mass is 32.2. The van der Waals surface area contributed by atoms with Crippen molar-refractivity contribution in [1.82, 2.24) is 9.21 Å². The molecule has 168 valence electrons. The molecule has 3 heterocycles. The number of likely N-dealkylation sites (tertiary alicyclic amines) is 1. The Morgan fingerprint density at radius 3 is 2.42 bits per heavy atom. The van der Waals surface area contributed by atoms with Gasteiger partial charge in [0.2, 0.25) is 15.9 Å². The molecular formula is C21H23F3N2O3S2. The van der Waals surface area contributed by atoms with Crippen molar-refractivity contribution in [3.05, 3.63) is 52.2 Å². The zero-order valence-electron chi connectivity index (χ0n) is 16.7. The van der Waals surface area contributed by atoms with Crippen LogP contribution in [-0.4, -0.2) is 43.2 Å². The van der Waals surface area contributed by atoms with Crippen LogP contribution in [-0.2, 0) is 21.0 Å². The third-order valence-corrected chi connectivity index (χ3v) is 8.88. The number of carbonyl (C=O) groups excluding carboxylic acids is 1. The van der Waals surface area contributed by atoms with E-state index in [1.807, 2.05) is 22.4 Å². The minimum atomic E-state index is -4.61. The number of hydrogen-bond donors (Lipinski definition) is 0. The van der Waals surface area contributed by atoms with Crippen LogP contribution in [0.15, 0.2) is 46.7 Å². The van der Waals surface area contributed by atoms with Gasteiger partial charge in [0, 0.05) is 30.4 Å². The average molecular weight is 473 g/mol. The number of amides is 1. The van der Waals surface area contributed by atoms with Crippen LogP contribution in [0.25, 0.3) is 0 Å². The van der Waals surface area contributed by atoms with Gasteiger partial charge in [-0.1, -0.05) is 12.1 Å². The maximum Gasteiger partial charge on any atom is 0.416 e. The first kappa shape index (κ1) is 22.3. The topological polar surface area (TPSA) is 57.7 Å². The van der Waals surface area contributed by atoms with Crippen molar-refractivity contribution in [2.75, 3.05) is 19.6 Å². The van der Waals surface area contributed by atoms with E-state index in [-0.39, 0.29) is 35.9 Å². The summed E-state index contributed by atoms with van der Waals surface area (Å²) in [6.07, 6.45) is -2.01. The van der Waals surface area contributed by atoms with Crippen LogP contribution in [0, 0.1) is 5.92 Å². The fraction of sp³-hybridized carbons (Fsp3) is 0.476. The van der Waals surface area contributed by atoms with Gasteiger partial charge in [-0.3, -0.25) is 4.79 Å². The summed E-state index contributed by atoms with van der Waals surface area (Å²) in [6.45, 7) is 0.934. The molecule has 1 unspecified atom stereocenters. The number of rotatable bonds is 4. The summed E-state index contributed by atoms with van der Waals surface area (Å²) in [5.74, 6) is -0.222. The summed E-state index contributed by atoms with van der Waals surface area (Å²) >= 11 is 1.63. The number of sulfonamides is 1. The van der Waals surface area contributed by atoms with Crippen LogP contribution in [0.1, 0.15) is 42.2 Å². The van der Waals surface area contributed by atoms with E-state index in [9.17, 15) is 26.4 Å². The van der Waals surface area contributed by atoms with Gasteiger partial charge in [-0.15, -0.1) is 11.3 Å². The lowest BCUT2D eigenvalue weighted by Crippen LogP contribution is -2.44. The lowest BCUT2D eigenvalue weighted by molar-refractivity contribution is -0.138. The van der Waals surface area contributed by atoms with Crippen molar-refractivity contribution in [3.8, 4) is 0 Å². The Morgan fingerprint density at radius 2 is 1.77 bits per heavy atom. The van der Waals surface area contributed by atoms with E-state index in [0.717, 1.165) is 29.9 Å². The van der Waals surface area contributed by atoms with Gasteiger partial charge in [-0.25, -0.2) is 8.42 Å². The molecule has 2 fully saturated rings. The minimum Gasteiger partial charge on any atom is -0.335 e. The molecule has 1 aromatic heterocycles.